The van der Waals surface area contributed by atoms with Gasteiger partial charge in [0.2, 0.25) is 0 Å². The highest BCUT2D eigenvalue weighted by Gasteiger charge is 2.18. The van der Waals surface area contributed by atoms with Gasteiger partial charge in [-0.3, -0.25) is 4.99 Å². The summed E-state index contributed by atoms with van der Waals surface area (Å²) in [6.45, 7) is 2.97. The van der Waals surface area contributed by atoms with Crippen molar-refractivity contribution in [3.63, 3.8) is 0 Å². The SMILES string of the molecule is CC1CSC(c2ccc(OCCCCCCO)cc2O)=N1. The van der Waals surface area contributed by atoms with Crippen LogP contribution in [0.25, 0.3) is 0 Å². The summed E-state index contributed by atoms with van der Waals surface area (Å²) in [5.41, 5.74) is 0.791. The lowest BCUT2D eigenvalue weighted by molar-refractivity contribution is 0.273. The molecule has 4 nitrogen and oxygen atoms in total. The molecule has 0 bridgehead atoms. The predicted octanol–water partition coefficient (Wildman–Crippen LogP) is 3.21. The van der Waals surface area contributed by atoms with Gasteiger partial charge in [-0.2, -0.15) is 0 Å². The number of phenols is 1. The molecule has 5 heteroatoms. The number of phenolic OH excluding ortho intramolecular Hbond substituents is 1. The molecule has 1 unspecified atom stereocenters. The maximum Gasteiger partial charge on any atom is 0.129 e. The quantitative estimate of drug-likeness (QED) is 0.724. The molecule has 0 spiro atoms. The van der Waals surface area contributed by atoms with Gasteiger partial charge in [0.25, 0.3) is 0 Å². The molecule has 0 radical (unpaired) electrons. The Kier molecular flexibility index (Phi) is 6.39. The summed E-state index contributed by atoms with van der Waals surface area (Å²) in [5.74, 6) is 1.89. The fraction of sp³-hybridized carbons (Fsp3) is 0.562. The molecule has 0 fully saturated rings. The van der Waals surface area contributed by atoms with Gasteiger partial charge in [-0.25, -0.2) is 0 Å². The van der Waals surface area contributed by atoms with E-state index in [1.54, 1.807) is 17.8 Å². The van der Waals surface area contributed by atoms with Crippen molar-refractivity contribution in [2.75, 3.05) is 19.0 Å². The number of ether oxygens (including phenoxy) is 1. The predicted molar refractivity (Wildman–Crippen MR) is 87.6 cm³/mol. The summed E-state index contributed by atoms with van der Waals surface area (Å²) >= 11 is 1.68. The lowest BCUT2D eigenvalue weighted by Crippen LogP contribution is -1.99. The molecule has 116 valence electrons. The fourth-order valence-corrected chi connectivity index (χ4v) is 3.22. The van der Waals surface area contributed by atoms with Crippen molar-refractivity contribution in [2.24, 2.45) is 4.99 Å². The Hall–Kier alpha value is -1.20. The molecule has 1 aliphatic rings. The van der Waals surface area contributed by atoms with Gasteiger partial charge in [-0.05, 0) is 38.3 Å². The third kappa shape index (κ3) is 4.93. The molecule has 0 saturated carbocycles. The van der Waals surface area contributed by atoms with E-state index in [1.807, 2.05) is 12.1 Å². The van der Waals surface area contributed by atoms with E-state index >= 15 is 0 Å². The number of benzene rings is 1. The van der Waals surface area contributed by atoms with Crippen LogP contribution in [-0.2, 0) is 0 Å². The number of aliphatic imine (C=N–C) groups is 1. The summed E-state index contributed by atoms with van der Waals surface area (Å²) in [4.78, 5) is 4.51. The average molecular weight is 309 g/mol. The second kappa shape index (κ2) is 8.29. The number of hydrogen-bond donors (Lipinski definition) is 2. The van der Waals surface area contributed by atoms with E-state index in [2.05, 4.69) is 11.9 Å². The lowest BCUT2D eigenvalue weighted by atomic mass is 10.2. The first-order valence-electron chi connectivity index (χ1n) is 7.48. The molecule has 1 aliphatic heterocycles. The number of hydrogen-bond acceptors (Lipinski definition) is 5. The Morgan fingerprint density at radius 1 is 1.29 bits per heavy atom. The van der Waals surface area contributed by atoms with Crippen LogP contribution in [0, 0.1) is 0 Å². The Balaban J connectivity index is 1.83. The highest BCUT2D eigenvalue weighted by Crippen LogP contribution is 2.31. The maximum absolute atomic E-state index is 10.1. The normalized spacial score (nSPS) is 17.8. The Morgan fingerprint density at radius 3 is 2.76 bits per heavy atom. The van der Waals surface area contributed by atoms with E-state index < -0.39 is 0 Å². The van der Waals surface area contributed by atoms with Gasteiger partial charge < -0.3 is 14.9 Å². The van der Waals surface area contributed by atoms with Crippen molar-refractivity contribution in [1.29, 1.82) is 0 Å². The van der Waals surface area contributed by atoms with Crippen molar-refractivity contribution in [1.82, 2.24) is 0 Å². The maximum atomic E-state index is 10.1. The van der Waals surface area contributed by atoms with Crippen molar-refractivity contribution >= 4 is 16.8 Å². The highest BCUT2D eigenvalue weighted by molar-refractivity contribution is 8.14. The number of nitrogens with zero attached hydrogens (tertiary/aromatic N) is 1. The molecule has 2 rings (SSSR count). The monoisotopic (exact) mass is 309 g/mol. The zero-order valence-corrected chi connectivity index (χ0v) is 13.2. The van der Waals surface area contributed by atoms with Crippen LogP contribution in [0.4, 0.5) is 0 Å². The summed E-state index contributed by atoms with van der Waals surface area (Å²) in [7, 11) is 0. The van der Waals surface area contributed by atoms with Crippen LogP contribution in [0.1, 0.15) is 38.2 Å². The van der Waals surface area contributed by atoms with Gasteiger partial charge in [0.05, 0.1) is 12.6 Å². The van der Waals surface area contributed by atoms with E-state index in [-0.39, 0.29) is 12.4 Å². The average Bonchev–Trinajstić information content (AvgIpc) is 2.89. The summed E-state index contributed by atoms with van der Waals surface area (Å²) in [5, 5.41) is 19.7. The first kappa shape index (κ1) is 16.2. The molecule has 1 aromatic carbocycles. The van der Waals surface area contributed by atoms with Gasteiger partial charge in [-0.1, -0.05) is 6.42 Å². The minimum Gasteiger partial charge on any atom is -0.507 e. The van der Waals surface area contributed by atoms with Gasteiger partial charge in [0.1, 0.15) is 16.5 Å². The number of aliphatic hydroxyl groups is 1. The molecule has 1 atom stereocenters. The summed E-state index contributed by atoms with van der Waals surface area (Å²) in [6, 6.07) is 5.74. The number of aliphatic hydroxyl groups excluding tert-OH is 1. The Morgan fingerprint density at radius 2 is 2.10 bits per heavy atom. The summed E-state index contributed by atoms with van der Waals surface area (Å²) < 4.78 is 5.64. The zero-order chi connectivity index (χ0) is 15.1. The second-order valence-corrected chi connectivity index (χ2v) is 6.27. The zero-order valence-electron chi connectivity index (χ0n) is 12.4. The molecule has 1 heterocycles. The van der Waals surface area contributed by atoms with Crippen molar-refractivity contribution in [3.05, 3.63) is 23.8 Å². The highest BCUT2D eigenvalue weighted by atomic mass is 32.2. The van der Waals surface area contributed by atoms with Crippen LogP contribution in [0.3, 0.4) is 0 Å². The fourth-order valence-electron chi connectivity index (χ4n) is 2.16. The number of unbranched alkanes of at least 4 members (excludes halogenated alkanes) is 3. The van der Waals surface area contributed by atoms with E-state index in [9.17, 15) is 5.11 Å². The van der Waals surface area contributed by atoms with E-state index in [0.717, 1.165) is 42.0 Å². The molecular formula is C16H23NO3S. The third-order valence-corrected chi connectivity index (χ3v) is 4.57. The van der Waals surface area contributed by atoms with Crippen molar-refractivity contribution < 1.29 is 14.9 Å². The molecule has 2 N–H and O–H groups in total. The molecule has 21 heavy (non-hydrogen) atoms. The third-order valence-electron chi connectivity index (χ3n) is 3.32. The second-order valence-electron chi connectivity index (χ2n) is 5.26. The van der Waals surface area contributed by atoms with Crippen LogP contribution >= 0.6 is 11.8 Å². The topological polar surface area (TPSA) is 62.0 Å². The minimum atomic E-state index is 0.230. The van der Waals surface area contributed by atoms with Crippen LogP contribution < -0.4 is 4.74 Å². The molecule has 0 saturated heterocycles. The van der Waals surface area contributed by atoms with Crippen molar-refractivity contribution in [3.8, 4) is 11.5 Å². The van der Waals surface area contributed by atoms with E-state index in [1.165, 1.54) is 0 Å². The molecule has 0 aromatic heterocycles. The van der Waals surface area contributed by atoms with E-state index in [4.69, 9.17) is 9.84 Å². The minimum absolute atomic E-state index is 0.230. The van der Waals surface area contributed by atoms with Crippen LogP contribution in [-0.4, -0.2) is 40.3 Å². The molecule has 0 aliphatic carbocycles. The van der Waals surface area contributed by atoms with Gasteiger partial charge >= 0.3 is 0 Å². The van der Waals surface area contributed by atoms with E-state index in [0.29, 0.717) is 18.4 Å². The first-order chi connectivity index (χ1) is 10.2. The largest absolute Gasteiger partial charge is 0.507 e. The van der Waals surface area contributed by atoms with Gasteiger partial charge in [0.15, 0.2) is 0 Å². The smallest absolute Gasteiger partial charge is 0.129 e. The van der Waals surface area contributed by atoms with Crippen LogP contribution in [0.2, 0.25) is 0 Å². The standard InChI is InChI=1S/C16H23NO3S/c1-12-11-21-16(17-12)14-7-6-13(10-15(14)19)20-9-5-3-2-4-8-18/h6-7,10,12,18-19H,2-5,8-9,11H2,1H3. The van der Waals surface area contributed by atoms with Crippen LogP contribution in [0.15, 0.2) is 23.2 Å². The number of thioether (sulfide) groups is 1. The summed E-state index contributed by atoms with van der Waals surface area (Å²) in [6.07, 6.45) is 3.89. The number of aromatic hydroxyl groups is 1. The first-order valence-corrected chi connectivity index (χ1v) is 8.47. The van der Waals surface area contributed by atoms with Gasteiger partial charge in [0, 0.05) is 24.0 Å². The Labute approximate surface area is 130 Å². The van der Waals surface area contributed by atoms with Crippen LogP contribution in [0.5, 0.6) is 11.5 Å². The lowest BCUT2D eigenvalue weighted by Gasteiger charge is -2.09. The molecular weight excluding hydrogens is 286 g/mol. The number of rotatable bonds is 8. The Bertz CT molecular complexity index is 490. The molecule has 0 amide bonds. The molecule has 1 aromatic rings. The van der Waals surface area contributed by atoms with Gasteiger partial charge in [-0.15, -0.1) is 11.8 Å². The van der Waals surface area contributed by atoms with Crippen molar-refractivity contribution in [2.45, 2.75) is 38.6 Å².